The highest BCUT2D eigenvalue weighted by molar-refractivity contribution is 5.78. The molecule has 0 heterocycles. The Bertz CT molecular complexity index is 354. The molecule has 2 unspecified atom stereocenters. The number of carbonyl (C=O) groups excluding carboxylic acids is 1. The maximum atomic E-state index is 11.9. The van der Waals surface area contributed by atoms with Crippen molar-refractivity contribution >= 4 is 5.91 Å². The molecule has 4 N–H and O–H groups in total. The van der Waals surface area contributed by atoms with E-state index in [9.17, 15) is 9.90 Å². The van der Waals surface area contributed by atoms with Crippen LogP contribution in [0.5, 0.6) is 0 Å². The summed E-state index contributed by atoms with van der Waals surface area (Å²) in [6.07, 6.45) is 1.61. The molecule has 0 spiro atoms. The summed E-state index contributed by atoms with van der Waals surface area (Å²) in [4.78, 5) is 11.9. The molecule has 4 nitrogen and oxygen atoms in total. The zero-order valence-electron chi connectivity index (χ0n) is 10.8. The lowest BCUT2D eigenvalue weighted by atomic mass is 10.0. The van der Waals surface area contributed by atoms with Gasteiger partial charge in [-0.1, -0.05) is 37.3 Å². The van der Waals surface area contributed by atoms with Gasteiger partial charge in [0, 0.05) is 5.92 Å². The number of amides is 1. The molecule has 0 aromatic heterocycles. The topological polar surface area (TPSA) is 75.4 Å². The number of benzene rings is 1. The van der Waals surface area contributed by atoms with Crippen LogP contribution in [0.3, 0.4) is 0 Å². The van der Waals surface area contributed by atoms with E-state index < -0.39 is 0 Å². The smallest absolute Gasteiger partial charge is 0.223 e. The Morgan fingerprint density at radius 3 is 2.61 bits per heavy atom. The van der Waals surface area contributed by atoms with Gasteiger partial charge in [0.15, 0.2) is 0 Å². The van der Waals surface area contributed by atoms with Crippen LogP contribution in [0, 0.1) is 5.92 Å². The highest BCUT2D eigenvalue weighted by Crippen LogP contribution is 2.13. The Kier molecular flexibility index (Phi) is 6.39. The number of aliphatic hydroxyl groups excluding tert-OH is 1. The van der Waals surface area contributed by atoms with Crippen molar-refractivity contribution in [2.45, 2.75) is 25.8 Å². The molecule has 0 saturated carbocycles. The molecule has 4 heteroatoms. The van der Waals surface area contributed by atoms with Gasteiger partial charge in [0.1, 0.15) is 0 Å². The normalized spacial score (nSPS) is 13.9. The van der Waals surface area contributed by atoms with Crippen molar-refractivity contribution in [2.75, 3.05) is 13.2 Å². The summed E-state index contributed by atoms with van der Waals surface area (Å²) in [6.45, 7) is 2.38. The molecule has 1 aromatic rings. The number of nitrogens with one attached hydrogen (secondary N) is 1. The van der Waals surface area contributed by atoms with Crippen LogP contribution in [-0.2, 0) is 4.79 Å². The number of aliphatic hydroxyl groups is 1. The quantitative estimate of drug-likeness (QED) is 0.681. The van der Waals surface area contributed by atoms with Crippen LogP contribution in [-0.4, -0.2) is 24.2 Å². The van der Waals surface area contributed by atoms with Crippen molar-refractivity contribution in [1.82, 2.24) is 5.32 Å². The third-order valence-electron chi connectivity index (χ3n) is 2.99. The van der Waals surface area contributed by atoms with Crippen LogP contribution in [0.25, 0.3) is 0 Å². The minimum atomic E-state index is -0.334. The monoisotopic (exact) mass is 250 g/mol. The second kappa shape index (κ2) is 7.84. The fraction of sp³-hybridized carbons (Fsp3) is 0.500. The predicted molar refractivity (Wildman–Crippen MR) is 71.9 cm³/mol. The summed E-state index contributed by atoms with van der Waals surface area (Å²) >= 11 is 0. The van der Waals surface area contributed by atoms with Crippen molar-refractivity contribution in [1.29, 1.82) is 0 Å². The molecule has 0 aliphatic heterocycles. The van der Waals surface area contributed by atoms with Crippen LogP contribution in [0.4, 0.5) is 0 Å². The van der Waals surface area contributed by atoms with Gasteiger partial charge < -0.3 is 16.2 Å². The SMILES string of the molecule is CC(CCCN)C(=O)NC(CO)c1ccccc1. The lowest BCUT2D eigenvalue weighted by Crippen LogP contribution is -2.34. The Labute approximate surface area is 108 Å². The van der Waals surface area contributed by atoms with E-state index in [4.69, 9.17) is 5.73 Å². The van der Waals surface area contributed by atoms with Crippen LogP contribution < -0.4 is 11.1 Å². The maximum Gasteiger partial charge on any atom is 0.223 e. The molecule has 0 radical (unpaired) electrons. The lowest BCUT2D eigenvalue weighted by Gasteiger charge is -2.19. The average Bonchev–Trinajstić information content (AvgIpc) is 2.42. The molecule has 1 amide bonds. The highest BCUT2D eigenvalue weighted by Gasteiger charge is 2.17. The first-order valence-corrected chi connectivity index (χ1v) is 6.35. The second-order valence-electron chi connectivity index (χ2n) is 4.49. The van der Waals surface area contributed by atoms with Crippen molar-refractivity contribution < 1.29 is 9.90 Å². The molecule has 1 aromatic carbocycles. The fourth-order valence-corrected chi connectivity index (χ4v) is 1.79. The molecule has 0 aliphatic carbocycles. The van der Waals surface area contributed by atoms with Gasteiger partial charge in [-0.2, -0.15) is 0 Å². The zero-order chi connectivity index (χ0) is 13.4. The van der Waals surface area contributed by atoms with Gasteiger partial charge in [-0.3, -0.25) is 4.79 Å². The van der Waals surface area contributed by atoms with Gasteiger partial charge in [0.05, 0.1) is 12.6 Å². The molecule has 100 valence electrons. The lowest BCUT2D eigenvalue weighted by molar-refractivity contribution is -0.125. The average molecular weight is 250 g/mol. The largest absolute Gasteiger partial charge is 0.394 e. The summed E-state index contributed by atoms with van der Waals surface area (Å²) in [5.41, 5.74) is 6.34. The Morgan fingerprint density at radius 1 is 1.39 bits per heavy atom. The van der Waals surface area contributed by atoms with Crippen LogP contribution >= 0.6 is 0 Å². The summed E-state index contributed by atoms with van der Waals surface area (Å²) in [5.74, 6) is -0.113. The third-order valence-corrected chi connectivity index (χ3v) is 2.99. The van der Waals surface area contributed by atoms with Gasteiger partial charge in [0.25, 0.3) is 0 Å². The van der Waals surface area contributed by atoms with E-state index in [2.05, 4.69) is 5.32 Å². The Hall–Kier alpha value is -1.39. The van der Waals surface area contributed by atoms with E-state index in [1.807, 2.05) is 37.3 Å². The summed E-state index contributed by atoms with van der Waals surface area (Å²) < 4.78 is 0. The first kappa shape index (κ1) is 14.7. The summed E-state index contributed by atoms with van der Waals surface area (Å²) in [5, 5.41) is 12.2. The first-order chi connectivity index (χ1) is 8.69. The fourth-order valence-electron chi connectivity index (χ4n) is 1.79. The predicted octanol–water partition coefficient (Wildman–Crippen LogP) is 1.21. The maximum absolute atomic E-state index is 11.9. The standard InChI is InChI=1S/C14H22N2O2/c1-11(6-5-9-15)14(18)16-13(10-17)12-7-3-2-4-8-12/h2-4,7-8,11,13,17H,5-6,9-10,15H2,1H3,(H,16,18). The number of hydrogen-bond acceptors (Lipinski definition) is 3. The zero-order valence-corrected chi connectivity index (χ0v) is 10.8. The molecule has 0 aliphatic rings. The molecule has 18 heavy (non-hydrogen) atoms. The second-order valence-corrected chi connectivity index (χ2v) is 4.49. The van der Waals surface area contributed by atoms with Crippen molar-refractivity contribution in [3.05, 3.63) is 35.9 Å². The molecule has 2 atom stereocenters. The van der Waals surface area contributed by atoms with Crippen LogP contribution in [0.1, 0.15) is 31.4 Å². The van der Waals surface area contributed by atoms with E-state index in [-0.39, 0.29) is 24.5 Å². The summed E-state index contributed by atoms with van der Waals surface area (Å²) in [7, 11) is 0. The highest BCUT2D eigenvalue weighted by atomic mass is 16.3. The third kappa shape index (κ3) is 4.47. The van der Waals surface area contributed by atoms with Crippen molar-refractivity contribution in [2.24, 2.45) is 11.7 Å². The van der Waals surface area contributed by atoms with E-state index in [0.717, 1.165) is 18.4 Å². The van der Waals surface area contributed by atoms with E-state index in [1.54, 1.807) is 0 Å². The first-order valence-electron chi connectivity index (χ1n) is 6.35. The van der Waals surface area contributed by atoms with E-state index in [1.165, 1.54) is 0 Å². The molecule has 0 saturated heterocycles. The number of nitrogens with two attached hydrogens (primary N) is 1. The van der Waals surface area contributed by atoms with Gasteiger partial charge in [-0.25, -0.2) is 0 Å². The van der Waals surface area contributed by atoms with Gasteiger partial charge in [0.2, 0.25) is 5.91 Å². The number of carbonyl (C=O) groups is 1. The molecule has 0 fully saturated rings. The molecular formula is C14H22N2O2. The van der Waals surface area contributed by atoms with Crippen molar-refractivity contribution in [3.63, 3.8) is 0 Å². The van der Waals surface area contributed by atoms with Gasteiger partial charge in [-0.05, 0) is 24.9 Å². The Balaban J connectivity index is 2.56. The van der Waals surface area contributed by atoms with E-state index >= 15 is 0 Å². The van der Waals surface area contributed by atoms with Crippen molar-refractivity contribution in [3.8, 4) is 0 Å². The van der Waals surface area contributed by atoms with Gasteiger partial charge >= 0.3 is 0 Å². The summed E-state index contributed by atoms with van der Waals surface area (Å²) in [6, 6.07) is 9.14. The van der Waals surface area contributed by atoms with E-state index in [0.29, 0.717) is 6.54 Å². The number of hydrogen-bond donors (Lipinski definition) is 3. The van der Waals surface area contributed by atoms with Crippen LogP contribution in [0.15, 0.2) is 30.3 Å². The molecular weight excluding hydrogens is 228 g/mol. The molecule has 1 rings (SSSR count). The van der Waals surface area contributed by atoms with Crippen LogP contribution in [0.2, 0.25) is 0 Å². The Morgan fingerprint density at radius 2 is 2.06 bits per heavy atom. The molecule has 0 bridgehead atoms. The minimum absolute atomic E-state index is 0.0358. The minimum Gasteiger partial charge on any atom is -0.394 e. The number of rotatable bonds is 7. The van der Waals surface area contributed by atoms with Gasteiger partial charge in [-0.15, -0.1) is 0 Å².